The van der Waals surface area contributed by atoms with Gasteiger partial charge in [-0.3, -0.25) is 19.0 Å². The van der Waals surface area contributed by atoms with E-state index in [1.165, 1.54) is 22.9 Å². The molecule has 0 fully saturated rings. The van der Waals surface area contributed by atoms with Crippen LogP contribution in [-0.4, -0.2) is 54.7 Å². The molecule has 0 saturated heterocycles. The molecule has 4 heterocycles. The second-order valence-corrected chi connectivity index (χ2v) is 10.4. The molecule has 0 aliphatic heterocycles. The summed E-state index contributed by atoms with van der Waals surface area (Å²) in [6.07, 6.45) is 8.34. The Morgan fingerprint density at radius 2 is 1.80 bits per heavy atom. The summed E-state index contributed by atoms with van der Waals surface area (Å²) in [6, 6.07) is 16.2. The highest BCUT2D eigenvalue weighted by Crippen LogP contribution is 2.25. The first-order valence-corrected chi connectivity index (χ1v) is 13.3. The minimum atomic E-state index is -0.313. The van der Waals surface area contributed by atoms with Gasteiger partial charge in [0.15, 0.2) is 5.82 Å². The Balaban J connectivity index is 1.23. The van der Waals surface area contributed by atoms with Gasteiger partial charge in [0.05, 0.1) is 23.8 Å². The highest BCUT2D eigenvalue weighted by molar-refractivity contribution is 5.85. The number of hydrogen-bond donors (Lipinski definition) is 0. The quantitative estimate of drug-likeness (QED) is 0.279. The molecule has 0 bridgehead atoms. The molecule has 8 nitrogen and oxygen atoms in total. The Morgan fingerprint density at radius 3 is 2.65 bits per heavy atom. The summed E-state index contributed by atoms with van der Waals surface area (Å²) in [4.78, 5) is 19.4. The lowest BCUT2D eigenvalue weighted by Gasteiger charge is -2.10. The van der Waals surface area contributed by atoms with Crippen molar-refractivity contribution in [1.29, 1.82) is 0 Å². The van der Waals surface area contributed by atoms with Crippen molar-refractivity contribution in [2.45, 2.75) is 26.4 Å². The molecular weight excluding hydrogens is 505 g/mol. The Kier molecular flexibility index (Phi) is 6.73. The van der Waals surface area contributed by atoms with Gasteiger partial charge in [0.2, 0.25) is 0 Å². The van der Waals surface area contributed by atoms with Gasteiger partial charge in [-0.25, -0.2) is 9.07 Å². The van der Waals surface area contributed by atoms with E-state index in [0.29, 0.717) is 18.8 Å². The number of nitrogens with zero attached hydrogens (tertiary/aromatic N) is 7. The van der Waals surface area contributed by atoms with Crippen molar-refractivity contribution in [3.63, 3.8) is 0 Å². The molecule has 0 N–H and O–H groups in total. The zero-order chi connectivity index (χ0) is 27.8. The summed E-state index contributed by atoms with van der Waals surface area (Å²) in [7, 11) is 4.09. The molecule has 202 valence electrons. The minimum Gasteiger partial charge on any atom is -0.308 e. The molecule has 0 radical (unpaired) electrons. The van der Waals surface area contributed by atoms with Gasteiger partial charge in [-0.05, 0) is 81.0 Å². The Morgan fingerprint density at radius 1 is 0.925 bits per heavy atom. The highest BCUT2D eigenvalue weighted by Gasteiger charge is 2.11. The molecule has 6 aromatic rings. The van der Waals surface area contributed by atoms with Crippen molar-refractivity contribution in [3.05, 3.63) is 107 Å². The smallest absolute Gasteiger partial charge is 0.266 e. The van der Waals surface area contributed by atoms with Crippen LogP contribution >= 0.6 is 0 Å². The molecule has 40 heavy (non-hydrogen) atoms. The van der Waals surface area contributed by atoms with Gasteiger partial charge in [-0.2, -0.15) is 10.2 Å². The second-order valence-electron chi connectivity index (χ2n) is 10.4. The molecule has 0 aliphatic rings. The first-order valence-electron chi connectivity index (χ1n) is 13.3. The molecule has 0 atom stereocenters. The summed E-state index contributed by atoms with van der Waals surface area (Å²) < 4.78 is 19.2. The largest absolute Gasteiger partial charge is 0.308 e. The first-order chi connectivity index (χ1) is 19.3. The average Bonchev–Trinajstić information content (AvgIpc) is 3.55. The Hall–Kier alpha value is -4.63. The highest BCUT2D eigenvalue weighted by atomic mass is 19.1. The third-order valence-electron chi connectivity index (χ3n) is 7.17. The van der Waals surface area contributed by atoms with Crippen LogP contribution < -0.4 is 5.56 Å². The molecule has 9 heteroatoms. The van der Waals surface area contributed by atoms with E-state index >= 15 is 0 Å². The lowest BCUT2D eigenvalue weighted by Crippen LogP contribution is -2.24. The maximum absolute atomic E-state index is 14.0. The number of fused-ring (bicyclic) bond motifs is 2. The van der Waals surface area contributed by atoms with Crippen LogP contribution in [-0.2, 0) is 19.5 Å². The van der Waals surface area contributed by atoms with Crippen molar-refractivity contribution in [2.24, 2.45) is 0 Å². The Bertz CT molecular complexity index is 1900. The summed E-state index contributed by atoms with van der Waals surface area (Å²) >= 11 is 0. The van der Waals surface area contributed by atoms with Crippen LogP contribution in [0, 0.1) is 12.7 Å². The summed E-state index contributed by atoms with van der Waals surface area (Å²) in [6.45, 7) is 4.13. The van der Waals surface area contributed by atoms with Gasteiger partial charge in [0.1, 0.15) is 5.82 Å². The van der Waals surface area contributed by atoms with Crippen molar-refractivity contribution < 1.29 is 4.39 Å². The lowest BCUT2D eigenvalue weighted by atomic mass is 10.1. The number of aromatic nitrogens is 6. The van der Waals surface area contributed by atoms with Crippen LogP contribution in [0.4, 0.5) is 4.39 Å². The topological polar surface area (TPSA) is 73.8 Å². The monoisotopic (exact) mass is 535 g/mol. The number of rotatable bonds is 8. The van der Waals surface area contributed by atoms with E-state index in [2.05, 4.69) is 32.2 Å². The summed E-state index contributed by atoms with van der Waals surface area (Å²) in [5.74, 6) is 0.258. The van der Waals surface area contributed by atoms with Gasteiger partial charge in [0, 0.05) is 59.6 Å². The fourth-order valence-electron chi connectivity index (χ4n) is 4.95. The number of halogens is 1. The molecule has 2 aromatic carbocycles. The van der Waals surface area contributed by atoms with Crippen LogP contribution in [0.2, 0.25) is 0 Å². The summed E-state index contributed by atoms with van der Waals surface area (Å²) in [5, 5.41) is 11.1. The zero-order valence-electron chi connectivity index (χ0n) is 22.8. The minimum absolute atomic E-state index is 0.181. The predicted molar refractivity (Wildman–Crippen MR) is 155 cm³/mol. The number of likely N-dealkylation sites (N-methyl/N-ethyl adjacent to an activating group) is 1. The number of hydrogen-bond acceptors (Lipinski definition) is 5. The van der Waals surface area contributed by atoms with Crippen LogP contribution in [0.25, 0.3) is 38.8 Å². The van der Waals surface area contributed by atoms with E-state index < -0.39 is 0 Å². The van der Waals surface area contributed by atoms with Crippen LogP contribution in [0.3, 0.4) is 0 Å². The predicted octanol–water partition coefficient (Wildman–Crippen LogP) is 4.85. The van der Waals surface area contributed by atoms with E-state index in [0.717, 1.165) is 57.1 Å². The molecule has 4 aromatic heterocycles. The van der Waals surface area contributed by atoms with E-state index in [-0.39, 0.29) is 11.4 Å². The fraction of sp³-hybridized carbons (Fsp3) is 0.226. The normalized spacial score (nSPS) is 11.7. The first kappa shape index (κ1) is 25.6. The zero-order valence-corrected chi connectivity index (χ0v) is 22.8. The molecule has 0 amide bonds. The van der Waals surface area contributed by atoms with Gasteiger partial charge in [-0.15, -0.1) is 0 Å². The SMILES string of the molecule is Cc1cn(-c2ccc(=O)n(CCc3ccc4ncc(-c5cnn(CCN(C)C)c5)cc4c3)n2)c2cc(F)ccc12. The van der Waals surface area contributed by atoms with Gasteiger partial charge in [-0.1, -0.05) is 6.07 Å². The van der Waals surface area contributed by atoms with E-state index in [4.69, 9.17) is 0 Å². The molecule has 0 saturated carbocycles. The number of pyridine rings is 1. The fourth-order valence-corrected chi connectivity index (χ4v) is 4.95. The molecule has 6 rings (SSSR count). The van der Waals surface area contributed by atoms with Gasteiger partial charge >= 0.3 is 0 Å². The van der Waals surface area contributed by atoms with Crippen LogP contribution in [0.5, 0.6) is 0 Å². The molecule has 0 unspecified atom stereocenters. The third-order valence-corrected chi connectivity index (χ3v) is 7.17. The van der Waals surface area contributed by atoms with E-state index in [9.17, 15) is 9.18 Å². The molecule has 0 aliphatic carbocycles. The number of aryl methyl sites for hydroxylation is 3. The average molecular weight is 536 g/mol. The third kappa shape index (κ3) is 5.15. The molecule has 0 spiro atoms. The lowest BCUT2D eigenvalue weighted by molar-refractivity contribution is 0.373. The number of benzene rings is 2. The van der Waals surface area contributed by atoms with Gasteiger partial charge < -0.3 is 4.90 Å². The Labute approximate surface area is 230 Å². The second kappa shape index (κ2) is 10.5. The standard InChI is InChI=1S/C31H30FN7O/c1-21-19-38(29-16-26(32)5-6-27(21)29)30-8-9-31(40)39(35-30)11-10-22-4-7-28-23(14-22)15-24(17-33-28)25-18-34-37(20-25)13-12-36(2)3/h4-9,14-20H,10-13H2,1-3H3. The van der Waals surface area contributed by atoms with E-state index in [1.807, 2.05) is 67.2 Å². The van der Waals surface area contributed by atoms with E-state index in [1.54, 1.807) is 12.1 Å². The van der Waals surface area contributed by atoms with Crippen LogP contribution in [0.1, 0.15) is 11.1 Å². The summed E-state index contributed by atoms with van der Waals surface area (Å²) in [5.41, 5.74) is 5.58. The molecular formula is C31H30FN7O. The van der Waals surface area contributed by atoms with Crippen molar-refractivity contribution in [1.82, 2.24) is 34.0 Å². The maximum Gasteiger partial charge on any atom is 0.266 e. The van der Waals surface area contributed by atoms with Crippen molar-refractivity contribution in [3.8, 4) is 16.9 Å². The maximum atomic E-state index is 14.0. The van der Waals surface area contributed by atoms with Crippen molar-refractivity contribution >= 4 is 21.8 Å². The van der Waals surface area contributed by atoms with Crippen molar-refractivity contribution in [2.75, 3.05) is 20.6 Å². The van der Waals surface area contributed by atoms with Crippen LogP contribution in [0.15, 0.2) is 84.2 Å². The van der Waals surface area contributed by atoms with Gasteiger partial charge in [0.25, 0.3) is 5.56 Å².